The van der Waals surface area contributed by atoms with E-state index in [0.717, 1.165) is 44.3 Å². The smallest absolute Gasteiger partial charge is 0.251 e. The Bertz CT molecular complexity index is 1010. The molecule has 0 aliphatic carbocycles. The number of halogens is 2. The Morgan fingerprint density at radius 1 is 1.13 bits per heavy atom. The molecule has 30 heavy (non-hydrogen) atoms. The van der Waals surface area contributed by atoms with Crippen molar-refractivity contribution in [2.24, 2.45) is 0 Å². The van der Waals surface area contributed by atoms with Crippen LogP contribution < -0.4 is 10.1 Å². The summed E-state index contributed by atoms with van der Waals surface area (Å²) < 4.78 is 55.2. The van der Waals surface area contributed by atoms with Gasteiger partial charge in [0.1, 0.15) is 11.9 Å². The van der Waals surface area contributed by atoms with Crippen molar-refractivity contribution in [2.75, 3.05) is 32.4 Å². The number of nitrogens with zero attached hydrogens (tertiary/aromatic N) is 1. The third-order valence-corrected chi connectivity index (χ3v) is 6.08. The fourth-order valence-electron chi connectivity index (χ4n) is 3.29. The largest absolute Gasteiger partial charge is 0.490 e. The molecular weight excluding hydrogens is 414 g/mol. The Balaban J connectivity index is 1.41. The molecule has 1 amide bonds. The minimum atomic E-state index is -3.37. The first-order valence-electron chi connectivity index (χ1n) is 9.65. The molecule has 2 aromatic carbocycles. The van der Waals surface area contributed by atoms with E-state index in [4.69, 9.17) is 4.74 Å². The van der Waals surface area contributed by atoms with Crippen LogP contribution in [0.25, 0.3) is 0 Å². The van der Waals surface area contributed by atoms with Gasteiger partial charge < -0.3 is 15.0 Å². The first kappa shape index (κ1) is 22.2. The number of carbonyl (C=O) groups excluding carboxylic acids is 1. The molecule has 2 aromatic rings. The number of benzene rings is 2. The molecule has 0 aromatic heterocycles. The van der Waals surface area contributed by atoms with E-state index in [1.165, 1.54) is 18.2 Å². The maximum atomic E-state index is 13.3. The first-order valence-corrected chi connectivity index (χ1v) is 11.5. The van der Waals surface area contributed by atoms with E-state index in [2.05, 4.69) is 10.2 Å². The average molecular weight is 438 g/mol. The Labute approximate surface area is 174 Å². The summed E-state index contributed by atoms with van der Waals surface area (Å²) >= 11 is 0. The van der Waals surface area contributed by atoms with Crippen molar-refractivity contribution < 1.29 is 26.7 Å². The number of likely N-dealkylation sites (tertiary alicyclic amines) is 1. The highest BCUT2D eigenvalue weighted by Crippen LogP contribution is 2.21. The summed E-state index contributed by atoms with van der Waals surface area (Å²) in [4.78, 5) is 14.6. The molecule has 1 aliphatic rings. The van der Waals surface area contributed by atoms with Gasteiger partial charge in [0.25, 0.3) is 5.91 Å². The molecule has 0 unspecified atom stereocenters. The second kappa shape index (κ2) is 9.53. The van der Waals surface area contributed by atoms with Crippen molar-refractivity contribution in [3.63, 3.8) is 0 Å². The molecule has 9 heteroatoms. The van der Waals surface area contributed by atoms with E-state index in [0.29, 0.717) is 24.4 Å². The Kier molecular flexibility index (Phi) is 7.04. The van der Waals surface area contributed by atoms with Crippen LogP contribution in [0.3, 0.4) is 0 Å². The SMILES string of the molecule is CS(=O)(=O)c1cccc(C(=O)NCCN2CCC(Oc3ccc(F)c(F)c3)CC2)c1. The van der Waals surface area contributed by atoms with Gasteiger partial charge in [-0.1, -0.05) is 6.07 Å². The molecule has 0 spiro atoms. The minimum Gasteiger partial charge on any atom is -0.490 e. The fourth-order valence-corrected chi connectivity index (χ4v) is 3.96. The van der Waals surface area contributed by atoms with Crippen LogP contribution in [-0.2, 0) is 9.84 Å². The molecule has 6 nitrogen and oxygen atoms in total. The zero-order valence-corrected chi connectivity index (χ0v) is 17.4. The van der Waals surface area contributed by atoms with Gasteiger partial charge in [-0.2, -0.15) is 0 Å². The molecule has 1 saturated heterocycles. The molecule has 1 N–H and O–H groups in total. The average Bonchev–Trinajstić information content (AvgIpc) is 2.71. The van der Waals surface area contributed by atoms with Crippen LogP contribution in [0.5, 0.6) is 5.75 Å². The molecule has 1 aliphatic heterocycles. The zero-order chi connectivity index (χ0) is 21.7. The van der Waals surface area contributed by atoms with Crippen molar-refractivity contribution in [2.45, 2.75) is 23.8 Å². The molecule has 0 bridgehead atoms. The van der Waals surface area contributed by atoms with Gasteiger partial charge in [-0.15, -0.1) is 0 Å². The summed E-state index contributed by atoms with van der Waals surface area (Å²) in [5.41, 5.74) is 0.302. The number of carbonyl (C=O) groups is 1. The van der Waals surface area contributed by atoms with Gasteiger partial charge in [0, 0.05) is 44.1 Å². The lowest BCUT2D eigenvalue weighted by Gasteiger charge is -2.32. The lowest BCUT2D eigenvalue weighted by Crippen LogP contribution is -2.42. The van der Waals surface area contributed by atoms with Gasteiger partial charge in [-0.05, 0) is 43.2 Å². The summed E-state index contributed by atoms with van der Waals surface area (Å²) in [5, 5.41) is 2.80. The normalized spacial score (nSPS) is 15.7. The van der Waals surface area contributed by atoms with E-state index in [1.54, 1.807) is 12.1 Å². The van der Waals surface area contributed by atoms with Crippen molar-refractivity contribution in [1.82, 2.24) is 10.2 Å². The van der Waals surface area contributed by atoms with Crippen LogP contribution in [0.4, 0.5) is 8.78 Å². The van der Waals surface area contributed by atoms with E-state index < -0.39 is 21.5 Å². The molecule has 1 heterocycles. The van der Waals surface area contributed by atoms with Crippen molar-refractivity contribution >= 4 is 15.7 Å². The zero-order valence-electron chi connectivity index (χ0n) is 16.6. The van der Waals surface area contributed by atoms with Crippen LogP contribution in [-0.4, -0.2) is 57.8 Å². The van der Waals surface area contributed by atoms with E-state index in [-0.39, 0.29) is 16.9 Å². The number of hydrogen-bond acceptors (Lipinski definition) is 5. The molecule has 0 saturated carbocycles. The molecule has 3 rings (SSSR count). The third kappa shape index (κ3) is 5.99. The number of sulfone groups is 1. The monoisotopic (exact) mass is 438 g/mol. The van der Waals surface area contributed by atoms with Crippen molar-refractivity contribution in [3.8, 4) is 5.75 Å². The lowest BCUT2D eigenvalue weighted by atomic mass is 10.1. The molecule has 162 valence electrons. The minimum absolute atomic E-state index is 0.0700. The maximum Gasteiger partial charge on any atom is 0.251 e. The highest BCUT2D eigenvalue weighted by Gasteiger charge is 2.21. The number of ether oxygens (including phenoxy) is 1. The highest BCUT2D eigenvalue weighted by atomic mass is 32.2. The number of nitrogens with one attached hydrogen (secondary N) is 1. The summed E-state index contributed by atoms with van der Waals surface area (Å²) in [6.07, 6.45) is 2.51. The van der Waals surface area contributed by atoms with Crippen LogP contribution in [0, 0.1) is 11.6 Å². The molecule has 0 radical (unpaired) electrons. The Morgan fingerprint density at radius 3 is 2.53 bits per heavy atom. The molecule has 1 fully saturated rings. The van der Waals surface area contributed by atoms with Gasteiger partial charge in [0.2, 0.25) is 0 Å². The van der Waals surface area contributed by atoms with E-state index in [1.807, 2.05) is 0 Å². The standard InChI is InChI=1S/C21H24F2N2O4S/c1-30(27,28)18-4-2-3-15(13-18)21(26)24-9-12-25-10-7-16(8-11-25)29-17-5-6-19(22)20(23)14-17/h2-6,13-14,16H,7-12H2,1H3,(H,24,26). The van der Waals surface area contributed by atoms with Crippen molar-refractivity contribution in [1.29, 1.82) is 0 Å². The maximum absolute atomic E-state index is 13.3. The van der Waals surface area contributed by atoms with Crippen LogP contribution in [0.1, 0.15) is 23.2 Å². The van der Waals surface area contributed by atoms with Gasteiger partial charge in [-0.25, -0.2) is 17.2 Å². The lowest BCUT2D eigenvalue weighted by molar-refractivity contribution is 0.0904. The van der Waals surface area contributed by atoms with Gasteiger partial charge in [-0.3, -0.25) is 4.79 Å². The van der Waals surface area contributed by atoms with E-state index in [9.17, 15) is 22.0 Å². The van der Waals surface area contributed by atoms with Gasteiger partial charge in [0.05, 0.1) is 4.90 Å². The summed E-state index contributed by atoms with van der Waals surface area (Å²) in [7, 11) is -3.37. The predicted molar refractivity (Wildman–Crippen MR) is 108 cm³/mol. The molecule has 0 atom stereocenters. The van der Waals surface area contributed by atoms with Crippen LogP contribution >= 0.6 is 0 Å². The van der Waals surface area contributed by atoms with Crippen LogP contribution in [0.2, 0.25) is 0 Å². The highest BCUT2D eigenvalue weighted by molar-refractivity contribution is 7.90. The third-order valence-electron chi connectivity index (χ3n) is 4.97. The topological polar surface area (TPSA) is 75.7 Å². The van der Waals surface area contributed by atoms with E-state index >= 15 is 0 Å². The second-order valence-corrected chi connectivity index (χ2v) is 9.31. The van der Waals surface area contributed by atoms with Crippen LogP contribution in [0.15, 0.2) is 47.4 Å². The van der Waals surface area contributed by atoms with Gasteiger partial charge >= 0.3 is 0 Å². The number of hydrogen-bond donors (Lipinski definition) is 1. The summed E-state index contributed by atoms with van der Waals surface area (Å²) in [5.74, 6) is -1.84. The number of amides is 1. The number of piperidine rings is 1. The first-order chi connectivity index (χ1) is 14.2. The summed E-state index contributed by atoms with van der Waals surface area (Å²) in [6, 6.07) is 9.46. The predicted octanol–water partition coefficient (Wildman–Crippen LogP) is 2.64. The quantitative estimate of drug-likeness (QED) is 0.719. The Morgan fingerprint density at radius 2 is 1.87 bits per heavy atom. The second-order valence-electron chi connectivity index (χ2n) is 7.29. The van der Waals surface area contributed by atoms with Gasteiger partial charge in [0.15, 0.2) is 21.5 Å². The fraction of sp³-hybridized carbons (Fsp3) is 0.381. The molecular formula is C21H24F2N2O4S. The summed E-state index contributed by atoms with van der Waals surface area (Å²) in [6.45, 7) is 2.59. The van der Waals surface area contributed by atoms with Crippen molar-refractivity contribution in [3.05, 3.63) is 59.7 Å². The number of rotatable bonds is 7. The Hall–Kier alpha value is -2.52.